The summed E-state index contributed by atoms with van der Waals surface area (Å²) in [6.45, 7) is 0. The lowest BCUT2D eigenvalue weighted by atomic mass is 10.2. The third-order valence-corrected chi connectivity index (χ3v) is 3.41. The van der Waals surface area contributed by atoms with Gasteiger partial charge in [0.2, 0.25) is 0 Å². The van der Waals surface area contributed by atoms with Gasteiger partial charge in [-0.1, -0.05) is 11.6 Å². The molecule has 0 bridgehead atoms. The van der Waals surface area contributed by atoms with Crippen LogP contribution >= 0.6 is 34.2 Å². The molecule has 1 aromatic carbocycles. The SMILES string of the molecule is COc1cnccc1C(=O)Nc1ccc(I)cc1Cl. The summed E-state index contributed by atoms with van der Waals surface area (Å²) < 4.78 is 6.10. The molecule has 0 fully saturated rings. The Kier molecular flexibility index (Phi) is 4.60. The lowest BCUT2D eigenvalue weighted by Crippen LogP contribution is -2.13. The first-order valence-electron chi connectivity index (χ1n) is 5.36. The van der Waals surface area contributed by atoms with E-state index in [4.69, 9.17) is 16.3 Å². The molecule has 2 rings (SSSR count). The fraction of sp³-hybridized carbons (Fsp3) is 0.0769. The van der Waals surface area contributed by atoms with Crippen LogP contribution in [-0.2, 0) is 0 Å². The van der Waals surface area contributed by atoms with Crippen molar-refractivity contribution in [2.24, 2.45) is 0 Å². The summed E-state index contributed by atoms with van der Waals surface area (Å²) in [5.41, 5.74) is 0.970. The van der Waals surface area contributed by atoms with Crippen LogP contribution in [0.5, 0.6) is 5.75 Å². The van der Waals surface area contributed by atoms with E-state index in [2.05, 4.69) is 32.9 Å². The Morgan fingerprint density at radius 3 is 2.89 bits per heavy atom. The molecule has 0 aliphatic rings. The van der Waals surface area contributed by atoms with Crippen LogP contribution in [-0.4, -0.2) is 18.0 Å². The minimum atomic E-state index is -0.289. The number of benzene rings is 1. The molecule has 2 aromatic rings. The summed E-state index contributed by atoms with van der Waals surface area (Å²) in [6, 6.07) is 7.00. The molecule has 0 saturated carbocycles. The maximum absolute atomic E-state index is 12.2. The zero-order valence-electron chi connectivity index (χ0n) is 9.98. The number of aromatic nitrogens is 1. The molecule has 1 amide bonds. The standard InChI is InChI=1S/C13H10ClIN2O2/c1-19-12-7-16-5-4-9(12)13(18)17-11-3-2-8(15)6-10(11)14/h2-7H,1H3,(H,17,18). The van der Waals surface area contributed by atoms with Crippen molar-refractivity contribution in [1.82, 2.24) is 4.98 Å². The second kappa shape index (κ2) is 6.21. The molecule has 4 nitrogen and oxygen atoms in total. The maximum Gasteiger partial charge on any atom is 0.259 e. The number of ether oxygens (including phenoxy) is 1. The monoisotopic (exact) mass is 388 g/mol. The number of halogens is 2. The number of anilines is 1. The quantitative estimate of drug-likeness (QED) is 0.818. The smallest absolute Gasteiger partial charge is 0.259 e. The highest BCUT2D eigenvalue weighted by atomic mass is 127. The highest BCUT2D eigenvalue weighted by Gasteiger charge is 2.13. The predicted octanol–water partition coefficient (Wildman–Crippen LogP) is 3.60. The van der Waals surface area contributed by atoms with Crippen LogP contribution in [0, 0.1) is 3.57 Å². The molecule has 1 heterocycles. The number of methoxy groups -OCH3 is 1. The number of nitrogens with one attached hydrogen (secondary N) is 1. The van der Waals surface area contributed by atoms with Crippen molar-refractivity contribution in [3.63, 3.8) is 0 Å². The molecule has 0 atom stereocenters. The fourth-order valence-corrected chi connectivity index (χ4v) is 2.41. The number of carbonyl (C=O) groups excluding carboxylic acids is 1. The van der Waals surface area contributed by atoms with E-state index in [1.807, 2.05) is 6.07 Å². The van der Waals surface area contributed by atoms with Gasteiger partial charge in [-0.3, -0.25) is 9.78 Å². The van der Waals surface area contributed by atoms with Crippen molar-refractivity contribution in [3.05, 3.63) is 50.8 Å². The molecule has 19 heavy (non-hydrogen) atoms. The van der Waals surface area contributed by atoms with Gasteiger partial charge in [-0.05, 0) is 46.9 Å². The van der Waals surface area contributed by atoms with Gasteiger partial charge in [0, 0.05) is 9.77 Å². The molecule has 1 N–H and O–H groups in total. The second-order valence-corrected chi connectivity index (χ2v) is 5.31. The van der Waals surface area contributed by atoms with Crippen molar-refractivity contribution in [2.75, 3.05) is 12.4 Å². The van der Waals surface area contributed by atoms with Crippen molar-refractivity contribution in [2.45, 2.75) is 0 Å². The second-order valence-electron chi connectivity index (χ2n) is 3.65. The molecule has 0 radical (unpaired) electrons. The molecule has 0 spiro atoms. The summed E-state index contributed by atoms with van der Waals surface area (Å²) in [5, 5.41) is 3.24. The van der Waals surface area contributed by atoms with Gasteiger partial charge in [0.15, 0.2) is 0 Å². The van der Waals surface area contributed by atoms with Crippen LogP contribution in [0.4, 0.5) is 5.69 Å². The Hall–Kier alpha value is -1.34. The summed E-state index contributed by atoms with van der Waals surface area (Å²) in [5.74, 6) is 0.129. The predicted molar refractivity (Wildman–Crippen MR) is 82.9 cm³/mol. The summed E-state index contributed by atoms with van der Waals surface area (Å²) in [6.07, 6.45) is 3.03. The van der Waals surface area contributed by atoms with Gasteiger partial charge in [0.25, 0.3) is 5.91 Å². The van der Waals surface area contributed by atoms with Crippen molar-refractivity contribution in [3.8, 4) is 5.75 Å². The Bertz CT molecular complexity index is 619. The first-order valence-corrected chi connectivity index (χ1v) is 6.82. The zero-order valence-corrected chi connectivity index (χ0v) is 12.9. The van der Waals surface area contributed by atoms with E-state index < -0.39 is 0 Å². The summed E-state index contributed by atoms with van der Waals surface area (Å²) in [7, 11) is 1.49. The van der Waals surface area contributed by atoms with Crippen LogP contribution in [0.15, 0.2) is 36.7 Å². The number of nitrogens with zero attached hydrogens (tertiary/aromatic N) is 1. The van der Waals surface area contributed by atoms with Crippen molar-refractivity contribution in [1.29, 1.82) is 0 Å². The van der Waals surface area contributed by atoms with Gasteiger partial charge in [0.05, 0.1) is 29.6 Å². The minimum absolute atomic E-state index is 0.289. The normalized spacial score (nSPS) is 10.1. The van der Waals surface area contributed by atoms with Crippen LogP contribution in [0.2, 0.25) is 5.02 Å². The molecular weight excluding hydrogens is 379 g/mol. The first-order chi connectivity index (χ1) is 9.11. The molecule has 0 aliphatic heterocycles. The number of rotatable bonds is 3. The van der Waals surface area contributed by atoms with Crippen LogP contribution in [0.3, 0.4) is 0 Å². The molecule has 0 aliphatic carbocycles. The van der Waals surface area contributed by atoms with Gasteiger partial charge in [-0.2, -0.15) is 0 Å². The average molecular weight is 389 g/mol. The van der Waals surface area contributed by atoms with Crippen LogP contribution < -0.4 is 10.1 Å². The number of hydrogen-bond donors (Lipinski definition) is 1. The first kappa shape index (κ1) is 14.1. The van der Waals surface area contributed by atoms with Gasteiger partial charge in [-0.15, -0.1) is 0 Å². The molecular formula is C13H10ClIN2O2. The van der Waals surface area contributed by atoms with Crippen molar-refractivity contribution < 1.29 is 9.53 Å². The Balaban J connectivity index is 2.26. The number of hydrogen-bond acceptors (Lipinski definition) is 3. The third-order valence-electron chi connectivity index (χ3n) is 2.43. The third kappa shape index (κ3) is 3.36. The van der Waals surface area contributed by atoms with E-state index in [1.54, 1.807) is 18.2 Å². The molecule has 98 valence electrons. The molecule has 6 heteroatoms. The fourth-order valence-electron chi connectivity index (χ4n) is 1.51. The van der Waals surface area contributed by atoms with E-state index in [9.17, 15) is 4.79 Å². The molecule has 0 unspecified atom stereocenters. The Labute approximate surface area is 129 Å². The minimum Gasteiger partial charge on any atom is -0.494 e. The van der Waals surface area contributed by atoms with Gasteiger partial charge in [-0.25, -0.2) is 0 Å². The number of amides is 1. The van der Waals surface area contributed by atoms with E-state index in [1.165, 1.54) is 19.5 Å². The maximum atomic E-state index is 12.2. The Morgan fingerprint density at radius 1 is 1.42 bits per heavy atom. The largest absolute Gasteiger partial charge is 0.494 e. The van der Waals surface area contributed by atoms with E-state index in [0.29, 0.717) is 22.0 Å². The highest BCUT2D eigenvalue weighted by molar-refractivity contribution is 14.1. The van der Waals surface area contributed by atoms with E-state index in [0.717, 1.165) is 3.57 Å². The van der Waals surface area contributed by atoms with E-state index in [-0.39, 0.29) is 5.91 Å². The molecule has 0 saturated heterocycles. The summed E-state index contributed by atoms with van der Waals surface area (Å²) in [4.78, 5) is 16.1. The number of pyridine rings is 1. The number of carbonyl (C=O) groups is 1. The highest BCUT2D eigenvalue weighted by Crippen LogP contribution is 2.25. The van der Waals surface area contributed by atoms with Crippen LogP contribution in [0.25, 0.3) is 0 Å². The average Bonchev–Trinajstić information content (AvgIpc) is 2.41. The van der Waals surface area contributed by atoms with Gasteiger partial charge < -0.3 is 10.1 Å². The lowest BCUT2D eigenvalue weighted by molar-refractivity contribution is 0.102. The summed E-state index contributed by atoms with van der Waals surface area (Å²) >= 11 is 8.22. The molecule has 1 aromatic heterocycles. The zero-order chi connectivity index (χ0) is 13.8. The van der Waals surface area contributed by atoms with E-state index >= 15 is 0 Å². The van der Waals surface area contributed by atoms with Crippen LogP contribution in [0.1, 0.15) is 10.4 Å². The van der Waals surface area contributed by atoms with Crippen molar-refractivity contribution >= 4 is 45.8 Å². The van der Waals surface area contributed by atoms with Gasteiger partial charge >= 0.3 is 0 Å². The lowest BCUT2D eigenvalue weighted by Gasteiger charge is -2.10. The Morgan fingerprint density at radius 2 is 2.21 bits per heavy atom. The topological polar surface area (TPSA) is 51.2 Å². The van der Waals surface area contributed by atoms with Gasteiger partial charge in [0.1, 0.15) is 5.75 Å².